The third kappa shape index (κ3) is 3.52. The van der Waals surface area contributed by atoms with E-state index in [4.69, 9.17) is 4.42 Å². The molecule has 0 aliphatic rings. The number of rotatable bonds is 4. The molecule has 2 rings (SSSR count). The molecule has 1 aromatic carbocycles. The van der Waals surface area contributed by atoms with Crippen molar-refractivity contribution in [2.24, 2.45) is 0 Å². The quantitative estimate of drug-likeness (QED) is 0.866. The highest BCUT2D eigenvalue weighted by Crippen LogP contribution is 2.20. The fourth-order valence-electron chi connectivity index (χ4n) is 2.11. The lowest BCUT2D eigenvalue weighted by Crippen LogP contribution is -2.25. The van der Waals surface area contributed by atoms with Crippen LogP contribution in [0.25, 0.3) is 0 Å². The lowest BCUT2D eigenvalue weighted by molar-refractivity contribution is 0.0963. The molecule has 0 fully saturated rings. The molecule has 0 aliphatic carbocycles. The van der Waals surface area contributed by atoms with Gasteiger partial charge in [-0.05, 0) is 63.3 Å². The van der Waals surface area contributed by atoms with Crippen LogP contribution in [0.3, 0.4) is 0 Å². The molecule has 1 heterocycles. The van der Waals surface area contributed by atoms with Gasteiger partial charge in [0.2, 0.25) is 0 Å². The van der Waals surface area contributed by atoms with E-state index in [1.807, 2.05) is 50.2 Å². The van der Waals surface area contributed by atoms with Crippen molar-refractivity contribution in [3.8, 4) is 0 Å². The Morgan fingerprint density at radius 1 is 1.05 bits per heavy atom. The first kappa shape index (κ1) is 15.3. The van der Waals surface area contributed by atoms with Crippen molar-refractivity contribution >= 4 is 11.6 Å². The van der Waals surface area contributed by atoms with Crippen molar-refractivity contribution in [1.29, 1.82) is 0 Å². The van der Waals surface area contributed by atoms with Crippen LogP contribution in [0.15, 0.2) is 34.7 Å². The fraction of sp³-hybridized carbons (Fsp3) is 0.353. The highest BCUT2D eigenvalue weighted by Gasteiger charge is 2.18. The average Bonchev–Trinajstić information content (AvgIpc) is 2.87. The Balaban J connectivity index is 2.18. The van der Waals surface area contributed by atoms with Crippen LogP contribution < -0.4 is 4.90 Å². The van der Waals surface area contributed by atoms with Gasteiger partial charge in [0.1, 0.15) is 5.76 Å². The van der Waals surface area contributed by atoms with Gasteiger partial charge in [-0.1, -0.05) is 6.07 Å². The summed E-state index contributed by atoms with van der Waals surface area (Å²) in [5, 5.41) is 0. The minimum absolute atomic E-state index is 0.136. The number of aryl methyl sites for hydroxylation is 2. The van der Waals surface area contributed by atoms with Crippen LogP contribution in [-0.2, 0) is 6.54 Å². The molecule has 0 spiro atoms. The fourth-order valence-corrected chi connectivity index (χ4v) is 2.11. The van der Waals surface area contributed by atoms with E-state index >= 15 is 0 Å². The Morgan fingerprint density at radius 3 is 2.38 bits per heavy atom. The smallest absolute Gasteiger partial charge is 0.293 e. The number of nitrogens with zero attached hydrogens (tertiary/aromatic N) is 2. The van der Waals surface area contributed by atoms with E-state index in [1.165, 1.54) is 11.1 Å². The molecule has 112 valence electrons. The second-order valence-electron chi connectivity index (χ2n) is 5.64. The molecule has 1 aromatic heterocycles. The second kappa shape index (κ2) is 6.14. The monoisotopic (exact) mass is 286 g/mol. The minimum atomic E-state index is -0.136. The van der Waals surface area contributed by atoms with Gasteiger partial charge in [-0.2, -0.15) is 0 Å². The molecule has 0 saturated heterocycles. The Morgan fingerprint density at radius 2 is 1.76 bits per heavy atom. The Labute approximate surface area is 126 Å². The molecule has 0 bridgehead atoms. The predicted molar refractivity (Wildman–Crippen MR) is 84.7 cm³/mol. The largest absolute Gasteiger partial charge is 0.455 e. The molecule has 21 heavy (non-hydrogen) atoms. The van der Waals surface area contributed by atoms with Gasteiger partial charge in [0.15, 0.2) is 5.76 Å². The summed E-state index contributed by atoms with van der Waals surface area (Å²) >= 11 is 0. The van der Waals surface area contributed by atoms with E-state index in [2.05, 4.69) is 6.92 Å². The Bertz CT molecular complexity index is 644. The van der Waals surface area contributed by atoms with Gasteiger partial charge in [-0.25, -0.2) is 0 Å². The summed E-state index contributed by atoms with van der Waals surface area (Å²) in [5.41, 5.74) is 3.25. The molecule has 0 N–H and O–H groups in total. The van der Waals surface area contributed by atoms with Crippen LogP contribution in [0.5, 0.6) is 0 Å². The van der Waals surface area contributed by atoms with Crippen LogP contribution in [0.4, 0.5) is 5.69 Å². The molecule has 4 heteroatoms. The summed E-state index contributed by atoms with van der Waals surface area (Å²) in [6, 6.07) is 9.56. The number of hydrogen-bond acceptors (Lipinski definition) is 3. The Kier molecular flexibility index (Phi) is 4.48. The SMILES string of the molecule is Cc1ccc(N(C)C(=O)c2ccc(CN(C)C)o2)cc1C. The second-order valence-corrected chi connectivity index (χ2v) is 5.64. The number of hydrogen-bond donors (Lipinski definition) is 0. The summed E-state index contributed by atoms with van der Waals surface area (Å²) in [6.07, 6.45) is 0. The van der Waals surface area contributed by atoms with E-state index in [9.17, 15) is 4.79 Å². The Hall–Kier alpha value is -2.07. The number of furan rings is 1. The molecule has 0 unspecified atom stereocenters. The number of benzene rings is 1. The normalized spacial score (nSPS) is 11.0. The van der Waals surface area contributed by atoms with Gasteiger partial charge in [0.25, 0.3) is 5.91 Å². The zero-order valence-corrected chi connectivity index (χ0v) is 13.3. The molecular formula is C17H22N2O2. The number of carbonyl (C=O) groups is 1. The van der Waals surface area contributed by atoms with Gasteiger partial charge >= 0.3 is 0 Å². The molecule has 0 atom stereocenters. The summed E-state index contributed by atoms with van der Waals surface area (Å²) in [4.78, 5) is 16.1. The van der Waals surface area contributed by atoms with Gasteiger partial charge < -0.3 is 14.2 Å². The first-order chi connectivity index (χ1) is 9.88. The molecule has 1 amide bonds. The van der Waals surface area contributed by atoms with Gasteiger partial charge in [0.05, 0.1) is 6.54 Å². The van der Waals surface area contributed by atoms with Crippen molar-refractivity contribution in [1.82, 2.24) is 4.90 Å². The molecule has 4 nitrogen and oxygen atoms in total. The molecule has 2 aromatic rings. The lowest BCUT2D eigenvalue weighted by atomic mass is 10.1. The van der Waals surface area contributed by atoms with Crippen LogP contribution in [0, 0.1) is 13.8 Å². The number of anilines is 1. The molecule has 0 aliphatic heterocycles. The van der Waals surface area contributed by atoms with Gasteiger partial charge in [-0.15, -0.1) is 0 Å². The van der Waals surface area contributed by atoms with Crippen LogP contribution >= 0.6 is 0 Å². The maximum absolute atomic E-state index is 12.5. The first-order valence-electron chi connectivity index (χ1n) is 6.97. The maximum Gasteiger partial charge on any atom is 0.293 e. The van der Waals surface area contributed by atoms with Gasteiger partial charge in [0, 0.05) is 12.7 Å². The van der Waals surface area contributed by atoms with E-state index in [-0.39, 0.29) is 5.91 Å². The topological polar surface area (TPSA) is 36.7 Å². The maximum atomic E-state index is 12.5. The molecule has 0 radical (unpaired) electrons. The summed E-state index contributed by atoms with van der Waals surface area (Å²) in [7, 11) is 5.69. The van der Waals surface area contributed by atoms with Gasteiger partial charge in [-0.3, -0.25) is 4.79 Å². The first-order valence-corrected chi connectivity index (χ1v) is 6.97. The third-order valence-electron chi connectivity index (χ3n) is 3.53. The summed E-state index contributed by atoms with van der Waals surface area (Å²) in [6.45, 7) is 4.78. The van der Waals surface area contributed by atoms with E-state index in [1.54, 1.807) is 18.0 Å². The van der Waals surface area contributed by atoms with Crippen molar-refractivity contribution in [2.75, 3.05) is 26.0 Å². The van der Waals surface area contributed by atoms with E-state index in [0.717, 1.165) is 11.4 Å². The number of amides is 1. The van der Waals surface area contributed by atoms with E-state index < -0.39 is 0 Å². The average molecular weight is 286 g/mol. The van der Waals surface area contributed by atoms with Crippen molar-refractivity contribution in [2.45, 2.75) is 20.4 Å². The molecule has 0 saturated carbocycles. The van der Waals surface area contributed by atoms with Crippen molar-refractivity contribution < 1.29 is 9.21 Å². The highest BCUT2D eigenvalue weighted by atomic mass is 16.4. The zero-order chi connectivity index (χ0) is 15.6. The summed E-state index contributed by atoms with van der Waals surface area (Å²) < 4.78 is 5.62. The standard InChI is InChI=1S/C17H22N2O2/c1-12-6-7-14(10-13(12)2)19(5)17(20)16-9-8-15(21-16)11-18(3)4/h6-10H,11H2,1-5H3. The minimum Gasteiger partial charge on any atom is -0.455 e. The van der Waals surface area contributed by atoms with Crippen molar-refractivity contribution in [3.63, 3.8) is 0 Å². The van der Waals surface area contributed by atoms with Crippen molar-refractivity contribution in [3.05, 3.63) is 53.0 Å². The lowest BCUT2D eigenvalue weighted by Gasteiger charge is -2.17. The number of carbonyl (C=O) groups excluding carboxylic acids is 1. The summed E-state index contributed by atoms with van der Waals surface area (Å²) in [5.74, 6) is 1.02. The third-order valence-corrected chi connectivity index (χ3v) is 3.53. The molecular weight excluding hydrogens is 264 g/mol. The van der Waals surface area contributed by atoms with Crippen LogP contribution in [-0.4, -0.2) is 32.0 Å². The highest BCUT2D eigenvalue weighted by molar-refractivity contribution is 6.03. The van der Waals surface area contributed by atoms with Crippen LogP contribution in [0.1, 0.15) is 27.4 Å². The van der Waals surface area contributed by atoms with Crippen LogP contribution in [0.2, 0.25) is 0 Å². The van der Waals surface area contributed by atoms with E-state index in [0.29, 0.717) is 12.3 Å². The zero-order valence-electron chi connectivity index (χ0n) is 13.3. The predicted octanol–water partition coefficient (Wildman–Crippen LogP) is 3.23.